The van der Waals surface area contributed by atoms with Crippen LogP contribution >= 0.6 is 11.6 Å². The van der Waals surface area contributed by atoms with Gasteiger partial charge in [0.05, 0.1) is 10.6 Å². The van der Waals surface area contributed by atoms with E-state index >= 15 is 0 Å². The first-order valence-corrected chi connectivity index (χ1v) is 4.67. The van der Waals surface area contributed by atoms with Crippen molar-refractivity contribution in [3.05, 3.63) is 22.4 Å². The zero-order valence-electron chi connectivity index (χ0n) is 8.30. The maximum absolute atomic E-state index is 12.1. The molecule has 0 fully saturated rings. The van der Waals surface area contributed by atoms with Crippen LogP contribution in [-0.4, -0.2) is 12.7 Å². The molecule has 1 aliphatic heterocycles. The van der Waals surface area contributed by atoms with Gasteiger partial charge in [0.1, 0.15) is 0 Å². The van der Waals surface area contributed by atoms with E-state index in [2.05, 4.69) is 5.32 Å². The van der Waals surface area contributed by atoms with E-state index in [0.29, 0.717) is 5.70 Å². The minimum absolute atomic E-state index is 0.119. The third-order valence-corrected chi connectivity index (χ3v) is 1.96. The Morgan fingerprint density at radius 3 is 2.21 bits per heavy atom. The summed E-state index contributed by atoms with van der Waals surface area (Å²) in [5, 5.41) is 2.67. The van der Waals surface area contributed by atoms with Crippen molar-refractivity contribution < 1.29 is 13.2 Å². The highest BCUT2D eigenvalue weighted by Gasteiger charge is 2.34. The summed E-state index contributed by atoms with van der Waals surface area (Å²) in [5.41, 5.74) is -0.0669. The van der Waals surface area contributed by atoms with Gasteiger partial charge in [-0.3, -0.25) is 0 Å². The number of rotatable bonds is 0. The lowest BCUT2D eigenvalue weighted by molar-refractivity contribution is -0.0929. The lowest BCUT2D eigenvalue weighted by atomic mass is 10.1. The van der Waals surface area contributed by atoms with E-state index < -0.39 is 11.7 Å². The fraction of sp³-hybridized carbons (Fsp3) is 0.556. The van der Waals surface area contributed by atoms with Gasteiger partial charge in [0, 0.05) is 12.2 Å². The van der Waals surface area contributed by atoms with Crippen molar-refractivity contribution in [2.24, 2.45) is 0 Å². The molecule has 0 saturated heterocycles. The number of dihydropyridines is 1. The fourth-order valence-electron chi connectivity index (χ4n) is 0.807. The number of alkyl halides is 3. The van der Waals surface area contributed by atoms with Gasteiger partial charge in [-0.15, -0.1) is 0 Å². The molecule has 0 aliphatic carbocycles. The van der Waals surface area contributed by atoms with Gasteiger partial charge in [-0.25, -0.2) is 0 Å². The second-order valence-electron chi connectivity index (χ2n) is 2.49. The van der Waals surface area contributed by atoms with Crippen LogP contribution in [0.25, 0.3) is 0 Å². The molecular weight excluding hydrogens is 215 g/mol. The van der Waals surface area contributed by atoms with Crippen molar-refractivity contribution in [2.75, 3.05) is 6.54 Å². The summed E-state index contributed by atoms with van der Waals surface area (Å²) in [4.78, 5) is 0. The third-order valence-electron chi connectivity index (χ3n) is 1.57. The maximum Gasteiger partial charge on any atom is 0.414 e. The number of hydrogen-bond donors (Lipinski definition) is 1. The summed E-state index contributed by atoms with van der Waals surface area (Å²) in [5.74, 6) is 0. The number of allylic oxidation sites excluding steroid dienone is 3. The van der Waals surface area contributed by atoms with Gasteiger partial charge in [-0.1, -0.05) is 25.4 Å². The first kappa shape index (κ1) is 13.4. The van der Waals surface area contributed by atoms with Gasteiger partial charge >= 0.3 is 6.18 Å². The molecule has 0 saturated carbocycles. The minimum Gasteiger partial charge on any atom is -0.383 e. The van der Waals surface area contributed by atoms with Crippen LogP contribution in [-0.2, 0) is 0 Å². The Morgan fingerprint density at radius 1 is 1.36 bits per heavy atom. The molecule has 0 aromatic carbocycles. The van der Waals surface area contributed by atoms with E-state index in [1.807, 2.05) is 13.8 Å². The summed E-state index contributed by atoms with van der Waals surface area (Å²) in [7, 11) is 0. The standard InChI is InChI=1S/C7H7ClF3N.C2H6/c1-4-6(8)2-5(3-12-4)7(9,10)11;1-2/h2,12H,3H2,1H3;1-2H3. The molecule has 0 aromatic heterocycles. The molecule has 0 amide bonds. The second kappa shape index (κ2) is 5.29. The van der Waals surface area contributed by atoms with E-state index in [0.717, 1.165) is 6.08 Å². The molecule has 1 aliphatic rings. The minimum atomic E-state index is -4.28. The zero-order chi connectivity index (χ0) is 11.4. The summed E-state index contributed by atoms with van der Waals surface area (Å²) in [6, 6.07) is 0. The molecule has 1 rings (SSSR count). The summed E-state index contributed by atoms with van der Waals surface area (Å²) in [6.45, 7) is 5.43. The fourth-order valence-corrected chi connectivity index (χ4v) is 1.01. The van der Waals surface area contributed by atoms with Crippen LogP contribution in [0.5, 0.6) is 0 Å². The van der Waals surface area contributed by atoms with Gasteiger partial charge in [0.25, 0.3) is 0 Å². The van der Waals surface area contributed by atoms with Crippen molar-refractivity contribution in [1.29, 1.82) is 0 Å². The van der Waals surface area contributed by atoms with Crippen molar-refractivity contribution in [3.63, 3.8) is 0 Å². The van der Waals surface area contributed by atoms with Crippen LogP contribution in [0.2, 0.25) is 0 Å². The normalized spacial score (nSPS) is 16.6. The van der Waals surface area contributed by atoms with E-state index in [4.69, 9.17) is 11.6 Å². The molecule has 0 spiro atoms. The predicted octanol–water partition coefficient (Wildman–Crippen LogP) is 3.57. The van der Waals surface area contributed by atoms with Gasteiger partial charge < -0.3 is 5.32 Å². The van der Waals surface area contributed by atoms with Crippen molar-refractivity contribution in [2.45, 2.75) is 26.9 Å². The van der Waals surface area contributed by atoms with E-state index in [9.17, 15) is 13.2 Å². The quantitative estimate of drug-likeness (QED) is 0.667. The average molecular weight is 228 g/mol. The lowest BCUT2D eigenvalue weighted by Gasteiger charge is -2.18. The number of halogens is 4. The van der Waals surface area contributed by atoms with Crippen molar-refractivity contribution in [1.82, 2.24) is 5.32 Å². The SMILES string of the molecule is CC.CC1=C(Cl)C=C(C(F)(F)F)CN1. The summed E-state index contributed by atoms with van der Waals surface area (Å²) < 4.78 is 36.2. The van der Waals surface area contributed by atoms with Crippen LogP contribution in [0.1, 0.15) is 20.8 Å². The lowest BCUT2D eigenvalue weighted by Crippen LogP contribution is -2.27. The van der Waals surface area contributed by atoms with Crippen LogP contribution in [0.15, 0.2) is 22.4 Å². The maximum atomic E-state index is 12.1. The molecule has 1 nitrogen and oxygen atoms in total. The Morgan fingerprint density at radius 2 is 1.86 bits per heavy atom. The van der Waals surface area contributed by atoms with Crippen molar-refractivity contribution in [3.8, 4) is 0 Å². The molecule has 82 valence electrons. The largest absolute Gasteiger partial charge is 0.414 e. The Kier molecular flexibility index (Phi) is 5.05. The van der Waals surface area contributed by atoms with E-state index in [-0.39, 0.29) is 11.6 Å². The molecule has 0 radical (unpaired) electrons. The average Bonchev–Trinajstić information content (AvgIpc) is 2.11. The molecule has 0 unspecified atom stereocenters. The Hall–Kier alpha value is -0.640. The highest BCUT2D eigenvalue weighted by Crippen LogP contribution is 2.29. The molecule has 14 heavy (non-hydrogen) atoms. The molecule has 1 heterocycles. The molecule has 0 aromatic rings. The van der Waals surface area contributed by atoms with Crippen LogP contribution in [0.3, 0.4) is 0 Å². The highest BCUT2D eigenvalue weighted by molar-refractivity contribution is 6.31. The summed E-state index contributed by atoms with van der Waals surface area (Å²) >= 11 is 5.51. The Bertz CT molecular complexity index is 253. The summed E-state index contributed by atoms with van der Waals surface area (Å²) in [6.07, 6.45) is -3.33. The van der Waals surface area contributed by atoms with Crippen LogP contribution < -0.4 is 5.32 Å². The molecule has 1 N–H and O–H groups in total. The first-order chi connectivity index (χ1) is 6.41. The number of nitrogens with one attached hydrogen (secondary N) is 1. The van der Waals surface area contributed by atoms with Gasteiger partial charge in [-0.2, -0.15) is 13.2 Å². The Balaban J connectivity index is 0.000000791. The van der Waals surface area contributed by atoms with Gasteiger partial charge in [0.15, 0.2) is 0 Å². The number of hydrogen-bond acceptors (Lipinski definition) is 1. The van der Waals surface area contributed by atoms with Crippen LogP contribution in [0, 0.1) is 0 Å². The van der Waals surface area contributed by atoms with E-state index in [1.54, 1.807) is 6.92 Å². The zero-order valence-corrected chi connectivity index (χ0v) is 9.05. The first-order valence-electron chi connectivity index (χ1n) is 4.29. The molecule has 5 heteroatoms. The molecule has 0 bridgehead atoms. The van der Waals surface area contributed by atoms with Gasteiger partial charge in [-0.05, 0) is 13.0 Å². The van der Waals surface area contributed by atoms with Gasteiger partial charge in [0.2, 0.25) is 0 Å². The van der Waals surface area contributed by atoms with Crippen molar-refractivity contribution >= 4 is 11.6 Å². The topological polar surface area (TPSA) is 12.0 Å². The van der Waals surface area contributed by atoms with E-state index in [1.165, 1.54) is 0 Å². The second-order valence-corrected chi connectivity index (χ2v) is 2.90. The highest BCUT2D eigenvalue weighted by atomic mass is 35.5. The third kappa shape index (κ3) is 3.62. The monoisotopic (exact) mass is 227 g/mol. The smallest absolute Gasteiger partial charge is 0.383 e. The Labute approximate surface area is 86.6 Å². The molecular formula is C9H13ClF3N. The molecule has 0 atom stereocenters. The predicted molar refractivity (Wildman–Crippen MR) is 52.0 cm³/mol. The van der Waals surface area contributed by atoms with Crippen LogP contribution in [0.4, 0.5) is 13.2 Å².